The molecule has 0 aromatic rings. The number of amides is 1. The monoisotopic (exact) mass is 758 g/mol. The van der Waals surface area contributed by atoms with Gasteiger partial charge in [-0.2, -0.15) is 0 Å². The maximum atomic E-state index is 12.4. The summed E-state index contributed by atoms with van der Waals surface area (Å²) >= 11 is 0. The molecule has 4 heteroatoms. The predicted molar refractivity (Wildman–Crippen MR) is 239 cm³/mol. The molecule has 0 aliphatic rings. The number of rotatable bonds is 44. The molecule has 3 N–H and O–H groups in total. The second-order valence-corrected chi connectivity index (χ2v) is 16.5. The van der Waals surface area contributed by atoms with Crippen LogP contribution in [0.5, 0.6) is 0 Å². The molecular weight excluding hydrogens is 663 g/mol. The molecule has 0 heterocycles. The van der Waals surface area contributed by atoms with Gasteiger partial charge in [-0.3, -0.25) is 4.79 Å². The van der Waals surface area contributed by atoms with Crippen molar-refractivity contribution in [2.45, 2.75) is 270 Å². The smallest absolute Gasteiger partial charge is 0.220 e. The Morgan fingerprint density at radius 1 is 0.444 bits per heavy atom. The van der Waals surface area contributed by atoms with Crippen molar-refractivity contribution in [3.05, 3.63) is 36.5 Å². The Hall–Kier alpha value is -1.39. The zero-order chi connectivity index (χ0) is 39.3. The number of aliphatic hydroxyl groups is 2. The van der Waals surface area contributed by atoms with Gasteiger partial charge in [0.2, 0.25) is 5.91 Å². The summed E-state index contributed by atoms with van der Waals surface area (Å²) in [7, 11) is 0. The van der Waals surface area contributed by atoms with Crippen molar-refractivity contribution in [3.63, 3.8) is 0 Å². The number of hydrogen-bond acceptors (Lipinski definition) is 3. The van der Waals surface area contributed by atoms with Crippen LogP contribution in [0.4, 0.5) is 0 Å². The summed E-state index contributed by atoms with van der Waals surface area (Å²) in [6.45, 7) is 4.29. The van der Waals surface area contributed by atoms with Crippen LogP contribution in [0.15, 0.2) is 36.5 Å². The molecule has 0 spiro atoms. The fourth-order valence-electron chi connectivity index (χ4n) is 7.39. The zero-order valence-corrected chi connectivity index (χ0v) is 36.5. The van der Waals surface area contributed by atoms with Gasteiger partial charge in [-0.05, 0) is 51.4 Å². The van der Waals surface area contributed by atoms with Crippen LogP contribution in [0.25, 0.3) is 0 Å². The summed E-state index contributed by atoms with van der Waals surface area (Å²) in [5.41, 5.74) is 0. The van der Waals surface area contributed by atoms with Crippen LogP contribution in [0.1, 0.15) is 258 Å². The molecule has 0 aliphatic carbocycles. The highest BCUT2D eigenvalue weighted by molar-refractivity contribution is 5.76. The summed E-state index contributed by atoms with van der Waals surface area (Å²) in [5.74, 6) is -0.0626. The number of carbonyl (C=O) groups excluding carboxylic acids is 1. The molecule has 4 nitrogen and oxygen atoms in total. The number of carbonyl (C=O) groups is 1. The predicted octanol–water partition coefficient (Wildman–Crippen LogP) is 15.4. The minimum atomic E-state index is -0.835. The van der Waals surface area contributed by atoms with E-state index in [1.54, 1.807) is 6.08 Å². The average molecular weight is 758 g/mol. The minimum Gasteiger partial charge on any atom is -0.394 e. The highest BCUT2D eigenvalue weighted by Gasteiger charge is 2.18. The molecule has 0 aromatic heterocycles. The van der Waals surface area contributed by atoms with Gasteiger partial charge >= 0.3 is 0 Å². The molecule has 0 radical (unpaired) electrons. The molecule has 1 amide bonds. The SMILES string of the molecule is CCCCCCC/C=C\C/C=C\CCCCCCCCCCCCCCCCCCCCCC(=O)NC(CO)C(O)/C=C/CCCCCCCCCCC. The van der Waals surface area contributed by atoms with E-state index in [0.717, 1.165) is 32.1 Å². The molecule has 0 bridgehead atoms. The largest absolute Gasteiger partial charge is 0.394 e. The summed E-state index contributed by atoms with van der Waals surface area (Å²) in [6.07, 6.45) is 61.4. The van der Waals surface area contributed by atoms with Gasteiger partial charge < -0.3 is 15.5 Å². The quantitative estimate of drug-likeness (QED) is 0.0428. The standard InChI is InChI=1S/C50H95NO3/c1-3-5-7-9-11-13-15-16-17-18-19-20-21-22-23-24-25-26-27-28-29-30-31-32-33-34-36-38-40-42-44-46-50(54)51-48(47-52)49(53)45-43-41-39-37-35-14-12-10-8-6-4-2/h15-16,18-19,43,45,48-49,52-53H,3-14,17,20-42,44,46-47H2,1-2H3,(H,51,54)/b16-15-,19-18-,45-43+. The topological polar surface area (TPSA) is 69.6 Å². The lowest BCUT2D eigenvalue weighted by Gasteiger charge is -2.20. The third kappa shape index (κ3) is 41.8. The van der Waals surface area contributed by atoms with Gasteiger partial charge in [0, 0.05) is 6.42 Å². The first-order valence-electron chi connectivity index (χ1n) is 24.2. The van der Waals surface area contributed by atoms with E-state index in [-0.39, 0.29) is 12.5 Å². The van der Waals surface area contributed by atoms with E-state index in [0.29, 0.717) is 6.42 Å². The number of hydrogen-bond donors (Lipinski definition) is 3. The molecule has 2 unspecified atom stereocenters. The van der Waals surface area contributed by atoms with E-state index in [4.69, 9.17) is 0 Å². The van der Waals surface area contributed by atoms with Crippen molar-refractivity contribution < 1.29 is 15.0 Å². The molecule has 54 heavy (non-hydrogen) atoms. The third-order valence-electron chi connectivity index (χ3n) is 11.1. The van der Waals surface area contributed by atoms with Gasteiger partial charge in [-0.15, -0.1) is 0 Å². The van der Waals surface area contributed by atoms with Crippen LogP contribution in [-0.4, -0.2) is 34.9 Å². The van der Waals surface area contributed by atoms with E-state index in [9.17, 15) is 15.0 Å². The van der Waals surface area contributed by atoms with E-state index in [1.807, 2.05) is 6.08 Å². The van der Waals surface area contributed by atoms with Crippen LogP contribution in [0.2, 0.25) is 0 Å². The lowest BCUT2D eigenvalue weighted by atomic mass is 10.0. The van der Waals surface area contributed by atoms with Gasteiger partial charge in [0.25, 0.3) is 0 Å². The molecular formula is C50H95NO3. The van der Waals surface area contributed by atoms with Gasteiger partial charge in [-0.25, -0.2) is 0 Å². The fraction of sp³-hybridized carbons (Fsp3) is 0.860. The highest BCUT2D eigenvalue weighted by Crippen LogP contribution is 2.16. The summed E-state index contributed by atoms with van der Waals surface area (Å²) in [6, 6.07) is -0.618. The summed E-state index contributed by atoms with van der Waals surface area (Å²) in [5, 5.41) is 23.0. The second-order valence-electron chi connectivity index (χ2n) is 16.5. The molecule has 0 saturated heterocycles. The van der Waals surface area contributed by atoms with Gasteiger partial charge in [0.1, 0.15) is 0 Å². The number of aliphatic hydroxyl groups excluding tert-OH is 2. The zero-order valence-electron chi connectivity index (χ0n) is 36.5. The van der Waals surface area contributed by atoms with Crippen LogP contribution in [0.3, 0.4) is 0 Å². The maximum absolute atomic E-state index is 12.4. The van der Waals surface area contributed by atoms with E-state index < -0.39 is 12.1 Å². The van der Waals surface area contributed by atoms with E-state index in [1.165, 1.54) is 205 Å². The molecule has 0 fully saturated rings. The Labute approximate surface area is 338 Å². The molecule has 2 atom stereocenters. The number of allylic oxidation sites excluding steroid dienone is 5. The summed E-state index contributed by atoms with van der Waals surface area (Å²) in [4.78, 5) is 12.4. The van der Waals surface area contributed by atoms with Crippen molar-refractivity contribution in [3.8, 4) is 0 Å². The Morgan fingerprint density at radius 2 is 0.759 bits per heavy atom. The minimum absolute atomic E-state index is 0.0626. The maximum Gasteiger partial charge on any atom is 0.220 e. The molecule has 0 aromatic carbocycles. The lowest BCUT2D eigenvalue weighted by molar-refractivity contribution is -0.123. The molecule has 0 saturated carbocycles. The van der Waals surface area contributed by atoms with Gasteiger partial charge in [0.05, 0.1) is 18.8 Å². The first-order valence-corrected chi connectivity index (χ1v) is 24.2. The number of unbranched alkanes of at least 4 members (excludes halogenated alkanes) is 33. The van der Waals surface area contributed by atoms with Crippen molar-refractivity contribution in [1.82, 2.24) is 5.32 Å². The van der Waals surface area contributed by atoms with Crippen LogP contribution < -0.4 is 5.32 Å². The van der Waals surface area contributed by atoms with Gasteiger partial charge in [0.15, 0.2) is 0 Å². The Balaban J connectivity index is 3.43. The first-order chi connectivity index (χ1) is 26.7. The van der Waals surface area contributed by atoms with E-state index >= 15 is 0 Å². The van der Waals surface area contributed by atoms with Gasteiger partial charge in [-0.1, -0.05) is 237 Å². The van der Waals surface area contributed by atoms with Crippen LogP contribution in [-0.2, 0) is 4.79 Å². The fourth-order valence-corrected chi connectivity index (χ4v) is 7.39. The highest BCUT2D eigenvalue weighted by atomic mass is 16.3. The first kappa shape index (κ1) is 52.6. The molecule has 0 rings (SSSR count). The third-order valence-corrected chi connectivity index (χ3v) is 11.1. The van der Waals surface area contributed by atoms with Crippen molar-refractivity contribution >= 4 is 5.91 Å². The summed E-state index contributed by atoms with van der Waals surface area (Å²) < 4.78 is 0. The van der Waals surface area contributed by atoms with Crippen molar-refractivity contribution in [2.24, 2.45) is 0 Å². The Morgan fingerprint density at radius 3 is 1.11 bits per heavy atom. The van der Waals surface area contributed by atoms with Crippen LogP contribution >= 0.6 is 0 Å². The van der Waals surface area contributed by atoms with E-state index in [2.05, 4.69) is 43.5 Å². The Bertz CT molecular complexity index is 821. The molecule has 0 aliphatic heterocycles. The normalized spacial score (nSPS) is 13.2. The number of nitrogens with one attached hydrogen (secondary N) is 1. The average Bonchev–Trinajstić information content (AvgIpc) is 3.18. The molecule has 318 valence electrons. The second kappa shape index (κ2) is 46.0. The lowest BCUT2D eigenvalue weighted by Crippen LogP contribution is -2.45. The van der Waals surface area contributed by atoms with Crippen molar-refractivity contribution in [2.75, 3.05) is 6.61 Å². The Kier molecular flexibility index (Phi) is 44.8. The van der Waals surface area contributed by atoms with Crippen LogP contribution in [0, 0.1) is 0 Å². The van der Waals surface area contributed by atoms with Crippen molar-refractivity contribution in [1.29, 1.82) is 0 Å².